The van der Waals surface area contributed by atoms with Gasteiger partial charge < -0.3 is 5.32 Å². The van der Waals surface area contributed by atoms with Crippen LogP contribution in [-0.2, 0) is 14.6 Å². The molecule has 0 aromatic heterocycles. The van der Waals surface area contributed by atoms with Crippen molar-refractivity contribution in [1.82, 2.24) is 4.90 Å². The first-order valence-electron chi connectivity index (χ1n) is 9.22. The van der Waals surface area contributed by atoms with Gasteiger partial charge in [-0.2, -0.15) is 11.8 Å². The Morgan fingerprint density at radius 3 is 2.23 bits per heavy atom. The van der Waals surface area contributed by atoms with Gasteiger partial charge in [0, 0.05) is 11.9 Å². The molecule has 3 amide bonds. The molecule has 0 saturated carbocycles. The van der Waals surface area contributed by atoms with E-state index >= 15 is 0 Å². The van der Waals surface area contributed by atoms with Crippen LogP contribution in [0.5, 0.6) is 0 Å². The van der Waals surface area contributed by atoms with Crippen molar-refractivity contribution in [2.45, 2.75) is 24.3 Å². The van der Waals surface area contributed by atoms with Gasteiger partial charge in [0.1, 0.15) is 6.04 Å². The molecule has 1 heterocycles. The Kier molecular flexibility index (Phi) is 6.33. The summed E-state index contributed by atoms with van der Waals surface area (Å²) in [7, 11) is -3.46. The van der Waals surface area contributed by atoms with E-state index in [1.54, 1.807) is 37.3 Å². The van der Waals surface area contributed by atoms with Gasteiger partial charge in [-0.1, -0.05) is 18.2 Å². The van der Waals surface area contributed by atoms with E-state index < -0.39 is 33.6 Å². The molecule has 30 heavy (non-hydrogen) atoms. The Morgan fingerprint density at radius 2 is 1.70 bits per heavy atom. The molecule has 7 nitrogen and oxygen atoms in total. The Balaban J connectivity index is 1.93. The number of sulfone groups is 1. The third-order valence-corrected chi connectivity index (χ3v) is 6.68. The van der Waals surface area contributed by atoms with E-state index in [-0.39, 0.29) is 22.4 Å². The zero-order valence-electron chi connectivity index (χ0n) is 16.8. The summed E-state index contributed by atoms with van der Waals surface area (Å²) in [5.74, 6) is -0.974. The molecule has 0 fully saturated rings. The molecule has 0 radical (unpaired) electrons. The quantitative estimate of drug-likeness (QED) is 0.657. The van der Waals surface area contributed by atoms with E-state index in [1.165, 1.54) is 23.9 Å². The summed E-state index contributed by atoms with van der Waals surface area (Å²) in [6.07, 6.45) is 3.24. The monoisotopic (exact) mass is 446 g/mol. The molecule has 2 aromatic rings. The van der Waals surface area contributed by atoms with Crippen molar-refractivity contribution in [1.29, 1.82) is 0 Å². The fourth-order valence-corrected chi connectivity index (χ4v) is 4.39. The van der Waals surface area contributed by atoms with Crippen LogP contribution in [0.25, 0.3) is 0 Å². The summed E-state index contributed by atoms with van der Waals surface area (Å²) >= 11 is 1.50. The van der Waals surface area contributed by atoms with Crippen LogP contribution in [0.3, 0.4) is 0 Å². The number of hydrogen-bond acceptors (Lipinski definition) is 6. The number of aryl methyl sites for hydroxylation is 1. The molecule has 158 valence electrons. The van der Waals surface area contributed by atoms with Gasteiger partial charge >= 0.3 is 0 Å². The van der Waals surface area contributed by atoms with Crippen molar-refractivity contribution in [2.75, 3.05) is 23.6 Å². The number of imide groups is 1. The van der Waals surface area contributed by atoms with Gasteiger partial charge in [-0.05, 0) is 55.2 Å². The molecule has 1 atom stereocenters. The van der Waals surface area contributed by atoms with Crippen LogP contribution in [0.15, 0.2) is 47.4 Å². The fraction of sp³-hybridized carbons (Fsp3) is 0.286. The van der Waals surface area contributed by atoms with Gasteiger partial charge in [-0.25, -0.2) is 8.42 Å². The van der Waals surface area contributed by atoms with Gasteiger partial charge in [0.25, 0.3) is 11.8 Å². The van der Waals surface area contributed by atoms with Crippen LogP contribution in [0, 0.1) is 6.92 Å². The summed E-state index contributed by atoms with van der Waals surface area (Å²) < 4.78 is 23.7. The minimum Gasteiger partial charge on any atom is -0.324 e. The maximum Gasteiger partial charge on any atom is 0.262 e. The minimum absolute atomic E-state index is 0.0739. The highest BCUT2D eigenvalue weighted by Gasteiger charge is 2.42. The van der Waals surface area contributed by atoms with Gasteiger partial charge in [0.2, 0.25) is 5.91 Å². The van der Waals surface area contributed by atoms with Crippen molar-refractivity contribution in [2.24, 2.45) is 0 Å². The molecule has 1 aliphatic heterocycles. The first-order chi connectivity index (χ1) is 14.1. The zero-order chi connectivity index (χ0) is 22.1. The predicted molar refractivity (Wildman–Crippen MR) is 117 cm³/mol. The number of carbonyl (C=O) groups excluding carboxylic acids is 3. The van der Waals surface area contributed by atoms with Crippen molar-refractivity contribution < 1.29 is 22.8 Å². The summed E-state index contributed by atoms with van der Waals surface area (Å²) in [5.41, 5.74) is 1.55. The Labute approximate surface area is 179 Å². The lowest BCUT2D eigenvalue weighted by Crippen LogP contribution is -2.47. The number of nitrogens with one attached hydrogen (secondary N) is 1. The van der Waals surface area contributed by atoms with E-state index in [2.05, 4.69) is 5.32 Å². The molecule has 2 aromatic carbocycles. The highest BCUT2D eigenvalue weighted by molar-refractivity contribution is 7.98. The molecule has 0 spiro atoms. The van der Waals surface area contributed by atoms with Crippen LogP contribution in [-0.4, -0.2) is 55.3 Å². The average Bonchev–Trinajstić information content (AvgIpc) is 2.94. The molecular weight excluding hydrogens is 424 g/mol. The topological polar surface area (TPSA) is 101 Å². The molecule has 0 aliphatic carbocycles. The molecule has 3 rings (SSSR count). The number of anilines is 1. The first kappa shape index (κ1) is 22.0. The molecule has 0 bridgehead atoms. The third kappa shape index (κ3) is 4.27. The first-order valence-corrected chi connectivity index (χ1v) is 12.5. The van der Waals surface area contributed by atoms with Crippen LogP contribution in [0.1, 0.15) is 32.7 Å². The second kappa shape index (κ2) is 8.61. The summed E-state index contributed by atoms with van der Waals surface area (Å²) in [4.78, 5) is 39.9. The number of carbonyl (C=O) groups is 3. The number of nitrogens with zero attached hydrogens (tertiary/aromatic N) is 1. The average molecular weight is 447 g/mol. The van der Waals surface area contributed by atoms with Crippen molar-refractivity contribution in [3.8, 4) is 0 Å². The van der Waals surface area contributed by atoms with Gasteiger partial charge in [0.15, 0.2) is 9.84 Å². The lowest BCUT2D eigenvalue weighted by Gasteiger charge is -2.25. The van der Waals surface area contributed by atoms with Gasteiger partial charge in [-0.3, -0.25) is 19.3 Å². The summed E-state index contributed by atoms with van der Waals surface area (Å²) in [6, 6.07) is 9.93. The molecule has 1 unspecified atom stereocenters. The second-order valence-electron chi connectivity index (χ2n) is 7.06. The highest BCUT2D eigenvalue weighted by atomic mass is 32.2. The Bertz CT molecular complexity index is 1090. The number of fused-ring (bicyclic) bond motifs is 1. The van der Waals surface area contributed by atoms with Crippen molar-refractivity contribution >= 4 is 45.0 Å². The van der Waals surface area contributed by atoms with Crippen LogP contribution in [0.2, 0.25) is 0 Å². The van der Waals surface area contributed by atoms with Gasteiger partial charge in [0.05, 0.1) is 16.0 Å². The SMILES string of the molecule is CSCCC(C(=O)Nc1cc(S(C)(=O)=O)ccc1C)N1C(=O)c2ccccc2C1=O. The van der Waals surface area contributed by atoms with Gasteiger partial charge in [-0.15, -0.1) is 0 Å². The highest BCUT2D eigenvalue weighted by Crippen LogP contribution is 2.27. The summed E-state index contributed by atoms with van der Waals surface area (Å²) in [6.45, 7) is 1.74. The largest absolute Gasteiger partial charge is 0.324 e. The maximum absolute atomic E-state index is 13.1. The van der Waals surface area contributed by atoms with Crippen molar-refractivity contribution in [3.63, 3.8) is 0 Å². The van der Waals surface area contributed by atoms with Crippen molar-refractivity contribution in [3.05, 3.63) is 59.2 Å². The molecular formula is C21H22N2O5S2. The molecule has 1 N–H and O–H groups in total. The lowest BCUT2D eigenvalue weighted by atomic mass is 10.1. The number of rotatable bonds is 7. The van der Waals surface area contributed by atoms with E-state index in [9.17, 15) is 22.8 Å². The minimum atomic E-state index is -3.46. The normalized spacial score (nSPS) is 14.6. The fourth-order valence-electron chi connectivity index (χ4n) is 3.28. The molecule has 9 heteroatoms. The van der Waals surface area contributed by atoms with Crippen LogP contribution >= 0.6 is 11.8 Å². The Hall–Kier alpha value is -2.65. The molecule has 0 saturated heterocycles. The van der Waals surface area contributed by atoms with E-state index in [0.717, 1.165) is 11.2 Å². The van der Waals surface area contributed by atoms with Crippen LogP contribution < -0.4 is 5.32 Å². The number of hydrogen-bond donors (Lipinski definition) is 1. The number of thioether (sulfide) groups is 1. The lowest BCUT2D eigenvalue weighted by molar-refractivity contribution is -0.120. The molecule has 1 aliphatic rings. The second-order valence-corrected chi connectivity index (χ2v) is 10.1. The van der Waals surface area contributed by atoms with E-state index in [0.29, 0.717) is 17.0 Å². The predicted octanol–water partition coefficient (Wildman–Crippen LogP) is 2.75. The standard InChI is InChI=1S/C21H22N2O5S2/c1-13-8-9-14(30(3,27)28)12-17(13)22-19(24)18(10-11-29-2)23-20(25)15-6-4-5-7-16(15)21(23)26/h4-9,12,18H,10-11H2,1-3H3,(H,22,24). The zero-order valence-corrected chi connectivity index (χ0v) is 18.5. The number of benzene rings is 2. The van der Waals surface area contributed by atoms with Crippen LogP contribution in [0.4, 0.5) is 5.69 Å². The third-order valence-electron chi connectivity index (χ3n) is 4.93. The smallest absolute Gasteiger partial charge is 0.262 e. The summed E-state index contributed by atoms with van der Waals surface area (Å²) in [5, 5.41) is 2.72. The maximum atomic E-state index is 13.1. The number of amides is 3. The van der Waals surface area contributed by atoms with E-state index in [1.807, 2.05) is 6.26 Å². The van der Waals surface area contributed by atoms with E-state index in [4.69, 9.17) is 0 Å². The Morgan fingerprint density at radius 1 is 1.10 bits per heavy atom.